The summed E-state index contributed by atoms with van der Waals surface area (Å²) in [5.74, 6) is 0.319. The largest absolute Gasteiger partial charge is 0.494 e. The molecule has 0 bridgehead atoms. The van der Waals surface area contributed by atoms with Crippen molar-refractivity contribution in [2.45, 2.75) is 19.9 Å². The number of ether oxygens (including phenoxy) is 2. The normalized spacial score (nSPS) is 16.6. The third kappa shape index (κ3) is 6.37. The first-order valence-corrected chi connectivity index (χ1v) is 11.0. The van der Waals surface area contributed by atoms with Crippen LogP contribution in [0.1, 0.15) is 13.8 Å². The van der Waals surface area contributed by atoms with Crippen LogP contribution in [0, 0.1) is 0 Å². The molecular weight excluding hydrogens is 370 g/mol. The summed E-state index contributed by atoms with van der Waals surface area (Å²) in [4.78, 5) is 14.7. The molecule has 1 aliphatic heterocycles. The molecule has 152 valence electrons. The molecule has 1 fully saturated rings. The first-order valence-electron chi connectivity index (χ1n) is 9.13. The molecule has 1 aromatic carbocycles. The highest BCUT2D eigenvalue weighted by atomic mass is 32.2. The van der Waals surface area contributed by atoms with Crippen LogP contribution in [0.3, 0.4) is 0 Å². The maximum atomic E-state index is 12.5. The third-order valence-corrected chi connectivity index (χ3v) is 5.56. The van der Waals surface area contributed by atoms with Gasteiger partial charge in [0.25, 0.3) is 0 Å². The van der Waals surface area contributed by atoms with E-state index in [0.717, 1.165) is 23.7 Å². The van der Waals surface area contributed by atoms with Crippen molar-refractivity contribution >= 4 is 21.6 Å². The van der Waals surface area contributed by atoms with Crippen LogP contribution in [-0.2, 0) is 19.6 Å². The van der Waals surface area contributed by atoms with Crippen LogP contribution < -0.4 is 14.4 Å². The van der Waals surface area contributed by atoms with Crippen LogP contribution in [0.5, 0.6) is 5.75 Å². The number of amides is 1. The minimum absolute atomic E-state index is 0.331. The van der Waals surface area contributed by atoms with Crippen LogP contribution in [0.15, 0.2) is 24.3 Å². The lowest BCUT2D eigenvalue weighted by Gasteiger charge is -2.29. The minimum Gasteiger partial charge on any atom is -0.494 e. The molecule has 0 saturated carbocycles. The molecule has 1 atom stereocenters. The van der Waals surface area contributed by atoms with Crippen LogP contribution in [0.4, 0.5) is 5.69 Å². The van der Waals surface area contributed by atoms with Gasteiger partial charge in [0.15, 0.2) is 0 Å². The van der Waals surface area contributed by atoms with Crippen molar-refractivity contribution in [2.75, 3.05) is 56.6 Å². The topological polar surface area (TPSA) is 88.2 Å². The Labute approximate surface area is 161 Å². The van der Waals surface area contributed by atoms with Gasteiger partial charge < -0.3 is 14.8 Å². The maximum Gasteiger partial charge on any atom is 0.243 e. The number of carbonyl (C=O) groups is 1. The molecule has 0 aromatic heterocycles. The third-order valence-electron chi connectivity index (χ3n) is 4.32. The van der Waals surface area contributed by atoms with Gasteiger partial charge in [0, 0.05) is 26.2 Å². The first-order chi connectivity index (χ1) is 12.8. The van der Waals surface area contributed by atoms with Crippen molar-refractivity contribution in [3.8, 4) is 5.75 Å². The van der Waals surface area contributed by atoms with Crippen molar-refractivity contribution in [3.05, 3.63) is 24.3 Å². The minimum atomic E-state index is -3.63. The van der Waals surface area contributed by atoms with E-state index in [1.807, 2.05) is 6.92 Å². The molecule has 1 aliphatic rings. The Hall–Kier alpha value is -1.84. The van der Waals surface area contributed by atoms with E-state index < -0.39 is 16.1 Å². The summed E-state index contributed by atoms with van der Waals surface area (Å²) in [5, 5.41) is 2.83. The molecule has 1 N–H and O–H groups in total. The van der Waals surface area contributed by atoms with E-state index >= 15 is 0 Å². The fourth-order valence-electron chi connectivity index (χ4n) is 2.97. The average molecular weight is 400 g/mol. The van der Waals surface area contributed by atoms with Gasteiger partial charge in [-0.15, -0.1) is 0 Å². The van der Waals surface area contributed by atoms with Crippen molar-refractivity contribution in [1.29, 1.82) is 0 Å². The second-order valence-corrected chi connectivity index (χ2v) is 8.27. The Balaban J connectivity index is 2.00. The predicted octanol–water partition coefficient (Wildman–Crippen LogP) is 0.688. The van der Waals surface area contributed by atoms with Crippen molar-refractivity contribution in [1.82, 2.24) is 10.2 Å². The van der Waals surface area contributed by atoms with Crippen molar-refractivity contribution in [3.63, 3.8) is 0 Å². The highest BCUT2D eigenvalue weighted by Crippen LogP contribution is 2.24. The average Bonchev–Trinajstić information content (AvgIpc) is 2.63. The summed E-state index contributed by atoms with van der Waals surface area (Å²) >= 11 is 0. The Bertz CT molecular complexity index is 702. The van der Waals surface area contributed by atoms with Crippen LogP contribution in [0.25, 0.3) is 0 Å². The Morgan fingerprint density at radius 2 is 1.93 bits per heavy atom. The van der Waals surface area contributed by atoms with Gasteiger partial charge in [-0.2, -0.15) is 0 Å². The molecular formula is C18H29N3O5S. The van der Waals surface area contributed by atoms with Gasteiger partial charge in [-0.05, 0) is 38.1 Å². The second kappa shape index (κ2) is 9.91. The van der Waals surface area contributed by atoms with E-state index in [2.05, 4.69) is 10.2 Å². The number of carbonyl (C=O) groups excluding carboxylic acids is 1. The lowest BCUT2D eigenvalue weighted by molar-refractivity contribution is -0.121. The van der Waals surface area contributed by atoms with Crippen LogP contribution in [-0.4, -0.2) is 77.5 Å². The number of benzene rings is 1. The fourth-order valence-corrected chi connectivity index (χ4v) is 4.15. The highest BCUT2D eigenvalue weighted by Gasteiger charge is 2.29. The zero-order valence-electron chi connectivity index (χ0n) is 16.2. The van der Waals surface area contributed by atoms with E-state index in [1.165, 1.54) is 0 Å². The van der Waals surface area contributed by atoms with Gasteiger partial charge in [0.05, 0.1) is 31.8 Å². The van der Waals surface area contributed by atoms with Gasteiger partial charge in [-0.3, -0.25) is 14.0 Å². The molecule has 8 nitrogen and oxygen atoms in total. The molecule has 27 heavy (non-hydrogen) atoms. The number of hydrogen-bond acceptors (Lipinski definition) is 6. The number of anilines is 1. The monoisotopic (exact) mass is 399 g/mol. The summed E-state index contributed by atoms with van der Waals surface area (Å²) in [7, 11) is -3.63. The Kier molecular flexibility index (Phi) is 7.88. The van der Waals surface area contributed by atoms with E-state index in [9.17, 15) is 13.2 Å². The van der Waals surface area contributed by atoms with Crippen LogP contribution >= 0.6 is 0 Å². The summed E-state index contributed by atoms with van der Waals surface area (Å²) in [6, 6.07) is 5.82. The number of hydrogen-bond donors (Lipinski definition) is 1. The molecule has 0 aliphatic carbocycles. The zero-order valence-corrected chi connectivity index (χ0v) is 17.0. The molecule has 0 radical (unpaired) electrons. The number of morpholine rings is 1. The van der Waals surface area contributed by atoms with Gasteiger partial charge in [0.2, 0.25) is 15.9 Å². The quantitative estimate of drug-likeness (QED) is 0.657. The second-order valence-electron chi connectivity index (χ2n) is 6.41. The molecule has 9 heteroatoms. The molecule has 1 saturated heterocycles. The Morgan fingerprint density at radius 3 is 2.48 bits per heavy atom. The Morgan fingerprint density at radius 1 is 1.30 bits per heavy atom. The molecule has 1 unspecified atom stereocenters. The first kappa shape index (κ1) is 21.5. The van der Waals surface area contributed by atoms with Gasteiger partial charge in [-0.1, -0.05) is 0 Å². The predicted molar refractivity (Wildman–Crippen MR) is 105 cm³/mol. The zero-order chi connectivity index (χ0) is 19.9. The summed E-state index contributed by atoms with van der Waals surface area (Å²) in [6.45, 7) is 8.24. The number of rotatable bonds is 9. The SMILES string of the molecule is CCOc1ccc(N(C(C)C(=O)NCCN2CCOCC2)S(C)(=O)=O)cc1. The summed E-state index contributed by atoms with van der Waals surface area (Å²) in [6.07, 6.45) is 1.10. The summed E-state index contributed by atoms with van der Waals surface area (Å²) < 4.78 is 36.4. The number of sulfonamides is 1. The van der Waals surface area contributed by atoms with E-state index in [-0.39, 0.29) is 5.91 Å². The maximum absolute atomic E-state index is 12.5. The number of nitrogens with one attached hydrogen (secondary N) is 1. The van der Waals surface area contributed by atoms with Gasteiger partial charge in [0.1, 0.15) is 11.8 Å². The molecule has 1 amide bonds. The van der Waals surface area contributed by atoms with Gasteiger partial charge >= 0.3 is 0 Å². The lowest BCUT2D eigenvalue weighted by atomic mass is 10.2. The van der Waals surface area contributed by atoms with E-state index in [0.29, 0.717) is 44.3 Å². The lowest BCUT2D eigenvalue weighted by Crippen LogP contribution is -2.49. The molecule has 1 heterocycles. The van der Waals surface area contributed by atoms with E-state index in [4.69, 9.17) is 9.47 Å². The van der Waals surface area contributed by atoms with Crippen molar-refractivity contribution in [2.24, 2.45) is 0 Å². The molecule has 0 spiro atoms. The standard InChI is InChI=1S/C18H29N3O5S/c1-4-26-17-7-5-16(6-8-17)21(27(3,23)24)15(2)18(22)19-9-10-20-11-13-25-14-12-20/h5-8,15H,4,9-14H2,1-3H3,(H,19,22). The van der Waals surface area contributed by atoms with E-state index in [1.54, 1.807) is 31.2 Å². The van der Waals surface area contributed by atoms with Crippen molar-refractivity contribution < 1.29 is 22.7 Å². The molecule has 1 aromatic rings. The molecule has 2 rings (SSSR count). The smallest absolute Gasteiger partial charge is 0.243 e. The number of nitrogens with zero attached hydrogens (tertiary/aromatic N) is 2. The fraction of sp³-hybridized carbons (Fsp3) is 0.611. The van der Waals surface area contributed by atoms with Crippen LogP contribution in [0.2, 0.25) is 0 Å². The highest BCUT2D eigenvalue weighted by molar-refractivity contribution is 7.92. The summed E-state index contributed by atoms with van der Waals surface area (Å²) in [5.41, 5.74) is 0.428. The van der Waals surface area contributed by atoms with Gasteiger partial charge in [-0.25, -0.2) is 8.42 Å².